The van der Waals surface area contributed by atoms with Crippen LogP contribution < -0.4 is 0 Å². The van der Waals surface area contributed by atoms with E-state index in [4.69, 9.17) is 6.42 Å². The SMILES string of the molecule is C#C[C@]1(O)CC[C@H]2[C@@H]3CCc4ccccc4[C@H]3CC[C@@]21C. The van der Waals surface area contributed by atoms with Gasteiger partial charge in [0.05, 0.1) is 0 Å². The molecule has 21 heavy (non-hydrogen) atoms. The Hall–Kier alpha value is -1.26. The lowest BCUT2D eigenvalue weighted by atomic mass is 9.53. The van der Waals surface area contributed by atoms with Crippen molar-refractivity contribution in [1.29, 1.82) is 0 Å². The maximum absolute atomic E-state index is 10.9. The summed E-state index contributed by atoms with van der Waals surface area (Å²) in [5, 5.41) is 10.9. The molecule has 1 aromatic carbocycles. The quantitative estimate of drug-likeness (QED) is 0.714. The highest BCUT2D eigenvalue weighted by molar-refractivity contribution is 5.36. The summed E-state index contributed by atoms with van der Waals surface area (Å²) in [5.41, 5.74) is 2.17. The monoisotopic (exact) mass is 280 g/mol. The second-order valence-corrected chi connectivity index (χ2v) is 7.61. The molecule has 0 amide bonds. The molecule has 2 saturated carbocycles. The number of fused-ring (bicyclic) bond motifs is 5. The normalized spacial score (nSPS) is 44.3. The fourth-order valence-electron chi connectivity index (χ4n) is 5.78. The van der Waals surface area contributed by atoms with Gasteiger partial charge in [0.15, 0.2) is 0 Å². The van der Waals surface area contributed by atoms with E-state index in [-0.39, 0.29) is 5.41 Å². The Morgan fingerprint density at radius 1 is 1.19 bits per heavy atom. The fraction of sp³-hybridized carbons (Fsp3) is 0.600. The first-order valence-electron chi connectivity index (χ1n) is 8.37. The Bertz CT molecular complexity index is 613. The third-order valence-electron chi connectivity index (χ3n) is 7.03. The van der Waals surface area contributed by atoms with Gasteiger partial charge < -0.3 is 5.11 Å². The zero-order chi connectivity index (χ0) is 14.7. The van der Waals surface area contributed by atoms with Crippen molar-refractivity contribution >= 4 is 0 Å². The van der Waals surface area contributed by atoms with Crippen molar-refractivity contribution in [2.75, 3.05) is 0 Å². The van der Waals surface area contributed by atoms with Gasteiger partial charge in [-0.1, -0.05) is 37.1 Å². The number of hydrogen-bond donors (Lipinski definition) is 1. The van der Waals surface area contributed by atoms with Crippen LogP contribution in [0.4, 0.5) is 0 Å². The molecule has 2 fully saturated rings. The van der Waals surface area contributed by atoms with E-state index in [0.29, 0.717) is 17.8 Å². The lowest BCUT2D eigenvalue weighted by Gasteiger charge is -2.52. The summed E-state index contributed by atoms with van der Waals surface area (Å²) in [6, 6.07) is 8.98. The third kappa shape index (κ3) is 1.63. The van der Waals surface area contributed by atoms with E-state index in [2.05, 4.69) is 37.1 Å². The van der Waals surface area contributed by atoms with E-state index < -0.39 is 5.60 Å². The molecule has 0 aliphatic heterocycles. The minimum atomic E-state index is -0.875. The van der Waals surface area contributed by atoms with Crippen LogP contribution in [-0.4, -0.2) is 10.7 Å². The van der Waals surface area contributed by atoms with E-state index in [1.807, 2.05) is 0 Å². The van der Waals surface area contributed by atoms with Crippen molar-refractivity contribution in [3.05, 3.63) is 35.4 Å². The first kappa shape index (κ1) is 13.4. The van der Waals surface area contributed by atoms with Crippen LogP contribution in [0, 0.1) is 29.6 Å². The molecular weight excluding hydrogens is 256 g/mol. The molecule has 0 spiro atoms. The molecule has 3 aliphatic carbocycles. The largest absolute Gasteiger partial charge is 0.377 e. The summed E-state index contributed by atoms with van der Waals surface area (Å²) in [6.07, 6.45) is 12.3. The van der Waals surface area contributed by atoms with E-state index in [9.17, 15) is 5.11 Å². The second kappa shape index (κ2) is 4.37. The maximum Gasteiger partial charge on any atom is 0.130 e. The van der Waals surface area contributed by atoms with Crippen LogP contribution >= 0.6 is 0 Å². The Morgan fingerprint density at radius 2 is 2.00 bits per heavy atom. The molecule has 0 bridgehead atoms. The van der Waals surface area contributed by atoms with Gasteiger partial charge in [0.2, 0.25) is 0 Å². The van der Waals surface area contributed by atoms with Crippen molar-refractivity contribution in [1.82, 2.24) is 0 Å². The van der Waals surface area contributed by atoms with E-state index in [1.54, 1.807) is 11.1 Å². The highest BCUT2D eigenvalue weighted by Gasteiger charge is 2.60. The minimum Gasteiger partial charge on any atom is -0.377 e. The fourth-order valence-corrected chi connectivity index (χ4v) is 5.78. The van der Waals surface area contributed by atoms with Crippen molar-refractivity contribution in [2.24, 2.45) is 17.3 Å². The van der Waals surface area contributed by atoms with Crippen LogP contribution in [0.2, 0.25) is 0 Å². The van der Waals surface area contributed by atoms with Crippen LogP contribution in [0.5, 0.6) is 0 Å². The van der Waals surface area contributed by atoms with Gasteiger partial charge in [0, 0.05) is 5.41 Å². The Morgan fingerprint density at radius 3 is 2.81 bits per heavy atom. The third-order valence-corrected chi connectivity index (χ3v) is 7.03. The average Bonchev–Trinajstić information content (AvgIpc) is 2.79. The van der Waals surface area contributed by atoms with Crippen LogP contribution in [0.3, 0.4) is 0 Å². The summed E-state index contributed by atoms with van der Waals surface area (Å²) in [7, 11) is 0. The van der Waals surface area contributed by atoms with Crippen LogP contribution in [0.15, 0.2) is 24.3 Å². The van der Waals surface area contributed by atoms with Gasteiger partial charge in [-0.15, -0.1) is 6.42 Å². The highest BCUT2D eigenvalue weighted by atomic mass is 16.3. The zero-order valence-corrected chi connectivity index (χ0v) is 12.8. The zero-order valence-electron chi connectivity index (χ0n) is 12.8. The van der Waals surface area contributed by atoms with Crippen LogP contribution in [0.1, 0.15) is 56.1 Å². The average molecular weight is 280 g/mol. The van der Waals surface area contributed by atoms with E-state index in [0.717, 1.165) is 19.3 Å². The molecule has 0 unspecified atom stereocenters. The topological polar surface area (TPSA) is 20.2 Å². The van der Waals surface area contributed by atoms with Crippen LogP contribution in [0.25, 0.3) is 0 Å². The van der Waals surface area contributed by atoms with Gasteiger partial charge in [-0.3, -0.25) is 0 Å². The predicted octanol–water partition coefficient (Wildman–Crippen LogP) is 3.91. The molecule has 4 rings (SSSR count). The second-order valence-electron chi connectivity index (χ2n) is 7.61. The number of terminal acetylenes is 1. The Balaban J connectivity index is 1.73. The lowest BCUT2D eigenvalue weighted by molar-refractivity contribution is -0.0646. The standard InChI is InChI=1S/C20H24O/c1-3-20(21)13-11-18-17-9-8-14-6-4-5-7-15(14)16(17)10-12-19(18,20)2/h1,4-7,16-18,21H,8-13H2,2H3/t16-,17-,18+,19+,20+/m1/s1. The highest BCUT2D eigenvalue weighted by Crippen LogP contribution is 2.63. The number of aliphatic hydroxyl groups is 1. The van der Waals surface area contributed by atoms with E-state index in [1.165, 1.54) is 19.3 Å². The molecule has 0 aromatic heterocycles. The lowest BCUT2D eigenvalue weighted by Crippen LogP contribution is -2.50. The Labute approximate surface area is 127 Å². The molecule has 1 nitrogen and oxygen atoms in total. The Kier molecular flexibility index (Phi) is 2.79. The molecule has 3 aliphatic rings. The molecule has 0 radical (unpaired) electrons. The van der Waals surface area contributed by atoms with Gasteiger partial charge in [-0.25, -0.2) is 0 Å². The van der Waals surface area contributed by atoms with Gasteiger partial charge in [-0.2, -0.15) is 0 Å². The molecular formula is C20H24O. The predicted molar refractivity (Wildman–Crippen MR) is 84.8 cm³/mol. The van der Waals surface area contributed by atoms with Gasteiger partial charge in [-0.05, 0) is 67.4 Å². The minimum absolute atomic E-state index is 0.0742. The van der Waals surface area contributed by atoms with Gasteiger partial charge in [0.1, 0.15) is 5.60 Å². The van der Waals surface area contributed by atoms with Crippen molar-refractivity contribution < 1.29 is 5.11 Å². The summed E-state index contributed by atoms with van der Waals surface area (Å²) >= 11 is 0. The summed E-state index contributed by atoms with van der Waals surface area (Å²) < 4.78 is 0. The number of aryl methyl sites for hydroxylation is 1. The van der Waals surface area contributed by atoms with Gasteiger partial charge in [0.25, 0.3) is 0 Å². The van der Waals surface area contributed by atoms with Gasteiger partial charge >= 0.3 is 0 Å². The van der Waals surface area contributed by atoms with Crippen molar-refractivity contribution in [2.45, 2.75) is 57.0 Å². The molecule has 5 atom stereocenters. The first-order valence-corrected chi connectivity index (χ1v) is 8.37. The summed E-state index contributed by atoms with van der Waals surface area (Å²) in [4.78, 5) is 0. The summed E-state index contributed by atoms with van der Waals surface area (Å²) in [6.45, 7) is 2.25. The first-order chi connectivity index (χ1) is 10.1. The molecule has 1 N–H and O–H groups in total. The van der Waals surface area contributed by atoms with E-state index >= 15 is 0 Å². The molecule has 0 saturated heterocycles. The summed E-state index contributed by atoms with van der Waals surface area (Å²) in [5.74, 6) is 4.74. The molecule has 110 valence electrons. The smallest absolute Gasteiger partial charge is 0.130 e. The number of hydrogen-bond acceptors (Lipinski definition) is 1. The van der Waals surface area contributed by atoms with Crippen molar-refractivity contribution in [3.8, 4) is 12.3 Å². The maximum atomic E-state index is 10.9. The molecule has 0 heterocycles. The van der Waals surface area contributed by atoms with Crippen molar-refractivity contribution in [3.63, 3.8) is 0 Å². The number of benzene rings is 1. The van der Waals surface area contributed by atoms with Crippen LogP contribution in [-0.2, 0) is 6.42 Å². The molecule has 1 aromatic rings. The molecule has 1 heteroatoms. The number of rotatable bonds is 0.